The van der Waals surface area contributed by atoms with E-state index in [1.807, 2.05) is 0 Å². The first-order chi connectivity index (χ1) is 10.7. The van der Waals surface area contributed by atoms with Gasteiger partial charge in [0.2, 0.25) is 0 Å². The van der Waals surface area contributed by atoms with Crippen molar-refractivity contribution < 1.29 is 17.0 Å². The van der Waals surface area contributed by atoms with Crippen LogP contribution in [-0.2, 0) is 6.42 Å². The molecule has 0 bridgehead atoms. The second-order valence-corrected chi connectivity index (χ2v) is 6.33. The maximum Gasteiger partial charge on any atom is 0.166 e. The van der Waals surface area contributed by atoms with Crippen LogP contribution in [0.15, 0.2) is 24.3 Å². The van der Waals surface area contributed by atoms with Gasteiger partial charge in [0.15, 0.2) is 5.11 Å². The molecule has 0 radical (unpaired) electrons. The molecule has 0 aromatic heterocycles. The number of benzene rings is 1. The molecule has 1 aliphatic carbocycles. The fourth-order valence-corrected chi connectivity index (χ4v) is 3.40. The predicted octanol–water partition coefficient (Wildman–Crippen LogP) is 0.264. The number of hydrogen-bond acceptors (Lipinski definition) is 2. The lowest BCUT2D eigenvalue weighted by Gasteiger charge is -2.27. The SMILES string of the molecule is CCN(CC)CCCNC(=S)NC1CCCc2ccccc21.[Br-]. The molecule has 5 heteroatoms. The number of nitrogens with one attached hydrogen (secondary N) is 2. The molecule has 1 aromatic rings. The summed E-state index contributed by atoms with van der Waals surface area (Å²) in [5.74, 6) is 0. The smallest absolute Gasteiger partial charge is 0.166 e. The zero-order chi connectivity index (χ0) is 15.8. The van der Waals surface area contributed by atoms with Crippen molar-refractivity contribution in [3.63, 3.8) is 0 Å². The van der Waals surface area contributed by atoms with Crippen molar-refractivity contribution in [3.8, 4) is 0 Å². The van der Waals surface area contributed by atoms with Gasteiger partial charge in [0, 0.05) is 6.54 Å². The van der Waals surface area contributed by atoms with Crippen LogP contribution < -0.4 is 27.6 Å². The first kappa shape index (κ1) is 20.4. The minimum Gasteiger partial charge on any atom is -1.00 e. The standard InChI is InChI=1S/C18H29N3S.BrH/c1-3-21(4-2)14-8-13-19-18(22)20-17-12-7-10-15-9-5-6-11-16(15)17;/h5-6,9,11,17H,3-4,7-8,10,12-14H2,1-2H3,(H2,19,20,22);1H/p-1. The van der Waals surface area contributed by atoms with Crippen LogP contribution in [0.1, 0.15) is 50.3 Å². The molecule has 1 aromatic carbocycles. The van der Waals surface area contributed by atoms with Gasteiger partial charge in [0.05, 0.1) is 6.04 Å². The van der Waals surface area contributed by atoms with E-state index in [2.05, 4.69) is 53.6 Å². The molecule has 3 nitrogen and oxygen atoms in total. The molecule has 0 spiro atoms. The van der Waals surface area contributed by atoms with E-state index in [4.69, 9.17) is 12.2 Å². The van der Waals surface area contributed by atoms with Gasteiger partial charge in [-0.25, -0.2) is 0 Å². The number of fused-ring (bicyclic) bond motifs is 1. The highest BCUT2D eigenvalue weighted by molar-refractivity contribution is 7.80. The summed E-state index contributed by atoms with van der Waals surface area (Å²) in [7, 11) is 0. The Hall–Kier alpha value is -0.650. The van der Waals surface area contributed by atoms with Gasteiger partial charge < -0.3 is 32.5 Å². The first-order valence-corrected chi connectivity index (χ1v) is 9.00. The average Bonchev–Trinajstić information content (AvgIpc) is 2.55. The highest BCUT2D eigenvalue weighted by Crippen LogP contribution is 2.29. The van der Waals surface area contributed by atoms with Crippen LogP contribution in [0.2, 0.25) is 0 Å². The molecule has 0 aliphatic heterocycles. The average molecular weight is 399 g/mol. The minimum absolute atomic E-state index is 0. The van der Waals surface area contributed by atoms with Crippen LogP contribution in [0.5, 0.6) is 0 Å². The largest absolute Gasteiger partial charge is 1.00 e. The molecule has 1 unspecified atom stereocenters. The Bertz CT molecular complexity index is 477. The van der Waals surface area contributed by atoms with Crippen molar-refractivity contribution >= 4 is 17.3 Å². The monoisotopic (exact) mass is 398 g/mol. The molecule has 0 heterocycles. The Morgan fingerprint density at radius 1 is 1.26 bits per heavy atom. The lowest BCUT2D eigenvalue weighted by Crippen LogP contribution is -3.00. The Kier molecular flexibility index (Phi) is 9.75. The number of rotatable bonds is 7. The number of hydrogen-bond donors (Lipinski definition) is 2. The zero-order valence-corrected chi connectivity index (χ0v) is 16.7. The van der Waals surface area contributed by atoms with Gasteiger partial charge in [-0.3, -0.25) is 0 Å². The fourth-order valence-electron chi connectivity index (χ4n) is 3.16. The molecule has 0 saturated heterocycles. The molecule has 130 valence electrons. The number of halogens is 1. The van der Waals surface area contributed by atoms with Crippen LogP contribution >= 0.6 is 12.2 Å². The Morgan fingerprint density at radius 2 is 2.00 bits per heavy atom. The van der Waals surface area contributed by atoms with Crippen molar-refractivity contribution in [1.82, 2.24) is 15.5 Å². The van der Waals surface area contributed by atoms with Gasteiger partial charge in [-0.2, -0.15) is 0 Å². The summed E-state index contributed by atoms with van der Waals surface area (Å²) in [6.45, 7) is 8.75. The lowest BCUT2D eigenvalue weighted by molar-refractivity contribution is -0.00000473. The third-order valence-electron chi connectivity index (χ3n) is 4.51. The van der Waals surface area contributed by atoms with E-state index in [0.29, 0.717) is 6.04 Å². The van der Waals surface area contributed by atoms with Gasteiger partial charge in [-0.1, -0.05) is 38.1 Å². The van der Waals surface area contributed by atoms with E-state index in [1.165, 1.54) is 24.0 Å². The summed E-state index contributed by atoms with van der Waals surface area (Å²) in [5.41, 5.74) is 2.89. The normalized spacial score (nSPS) is 16.4. The quantitative estimate of drug-likeness (QED) is 0.508. The first-order valence-electron chi connectivity index (χ1n) is 8.59. The van der Waals surface area contributed by atoms with Crippen molar-refractivity contribution in [2.24, 2.45) is 0 Å². The third kappa shape index (κ3) is 6.40. The second kappa shape index (κ2) is 11.0. The topological polar surface area (TPSA) is 27.3 Å². The van der Waals surface area contributed by atoms with Crippen LogP contribution in [-0.4, -0.2) is 36.2 Å². The van der Waals surface area contributed by atoms with E-state index < -0.39 is 0 Å². The summed E-state index contributed by atoms with van der Waals surface area (Å²) in [6, 6.07) is 9.09. The van der Waals surface area contributed by atoms with Crippen molar-refractivity contribution in [2.75, 3.05) is 26.2 Å². The minimum atomic E-state index is 0. The summed E-state index contributed by atoms with van der Waals surface area (Å²) in [4.78, 5) is 2.44. The van der Waals surface area contributed by atoms with E-state index in [0.717, 1.165) is 44.1 Å². The maximum atomic E-state index is 5.46. The molecular formula is C18H29BrN3S-. The zero-order valence-electron chi connectivity index (χ0n) is 14.3. The molecule has 2 N–H and O–H groups in total. The van der Waals surface area contributed by atoms with E-state index >= 15 is 0 Å². The molecule has 23 heavy (non-hydrogen) atoms. The van der Waals surface area contributed by atoms with Gasteiger partial charge >= 0.3 is 0 Å². The molecule has 0 fully saturated rings. The summed E-state index contributed by atoms with van der Waals surface area (Å²) in [6.07, 6.45) is 4.72. The molecular weight excluding hydrogens is 370 g/mol. The second-order valence-electron chi connectivity index (χ2n) is 5.92. The van der Waals surface area contributed by atoms with Gasteiger partial charge in [-0.15, -0.1) is 0 Å². The summed E-state index contributed by atoms with van der Waals surface area (Å²) < 4.78 is 0. The Balaban J connectivity index is 0.00000264. The van der Waals surface area contributed by atoms with E-state index in [9.17, 15) is 0 Å². The summed E-state index contributed by atoms with van der Waals surface area (Å²) >= 11 is 5.46. The predicted molar refractivity (Wildman–Crippen MR) is 98.3 cm³/mol. The third-order valence-corrected chi connectivity index (χ3v) is 4.77. The molecule has 0 saturated carbocycles. The molecule has 0 amide bonds. The highest BCUT2D eigenvalue weighted by Gasteiger charge is 2.19. The molecule has 1 aliphatic rings. The van der Waals surface area contributed by atoms with Crippen LogP contribution in [0.4, 0.5) is 0 Å². The van der Waals surface area contributed by atoms with E-state index in [1.54, 1.807) is 0 Å². The van der Waals surface area contributed by atoms with Gasteiger partial charge in [0.25, 0.3) is 0 Å². The lowest BCUT2D eigenvalue weighted by atomic mass is 9.88. The van der Waals surface area contributed by atoms with Crippen molar-refractivity contribution in [2.45, 2.75) is 45.6 Å². The number of nitrogens with zero attached hydrogens (tertiary/aromatic N) is 1. The molecule has 2 rings (SSSR count). The molecule has 1 atom stereocenters. The fraction of sp³-hybridized carbons (Fsp3) is 0.611. The number of aryl methyl sites for hydroxylation is 1. The van der Waals surface area contributed by atoms with Crippen LogP contribution in [0.25, 0.3) is 0 Å². The van der Waals surface area contributed by atoms with Crippen LogP contribution in [0.3, 0.4) is 0 Å². The van der Waals surface area contributed by atoms with Crippen LogP contribution in [0, 0.1) is 0 Å². The Labute approximate surface area is 157 Å². The maximum absolute atomic E-state index is 5.46. The number of thiocarbonyl (C=S) groups is 1. The van der Waals surface area contributed by atoms with Crippen molar-refractivity contribution in [3.05, 3.63) is 35.4 Å². The summed E-state index contributed by atoms with van der Waals surface area (Å²) in [5, 5.41) is 7.65. The van der Waals surface area contributed by atoms with Gasteiger partial charge in [0.1, 0.15) is 0 Å². The van der Waals surface area contributed by atoms with E-state index in [-0.39, 0.29) is 17.0 Å². The highest BCUT2D eigenvalue weighted by atomic mass is 79.9. The van der Waals surface area contributed by atoms with Crippen molar-refractivity contribution in [1.29, 1.82) is 0 Å². The Morgan fingerprint density at radius 3 is 2.74 bits per heavy atom. The van der Waals surface area contributed by atoms with Gasteiger partial charge in [-0.05, 0) is 68.7 Å².